The van der Waals surface area contributed by atoms with E-state index >= 15 is 0 Å². The van der Waals surface area contributed by atoms with Crippen molar-refractivity contribution in [1.29, 1.82) is 0 Å². The lowest BCUT2D eigenvalue weighted by molar-refractivity contribution is 1.47. The van der Waals surface area contributed by atoms with Gasteiger partial charge in [0.25, 0.3) is 0 Å². The summed E-state index contributed by atoms with van der Waals surface area (Å²) in [6, 6.07) is 27.9. The summed E-state index contributed by atoms with van der Waals surface area (Å²) in [7, 11) is 0. The highest BCUT2D eigenvalue weighted by Gasteiger charge is 1.99. The van der Waals surface area contributed by atoms with Crippen LogP contribution < -0.4 is 0 Å². The smallest absolute Gasteiger partial charge is 0.0184 e. The van der Waals surface area contributed by atoms with Gasteiger partial charge in [0.2, 0.25) is 0 Å². The SMILES string of the molecule is C/C=C\C.Cc1ccc(-c2ccc(-c3ccccc3)cc2)cc1. The van der Waals surface area contributed by atoms with Crippen LogP contribution in [0.1, 0.15) is 19.4 Å². The van der Waals surface area contributed by atoms with Gasteiger partial charge < -0.3 is 0 Å². The topological polar surface area (TPSA) is 0 Å². The Bertz CT molecular complexity index is 713. The van der Waals surface area contributed by atoms with E-state index < -0.39 is 0 Å². The van der Waals surface area contributed by atoms with Crippen molar-refractivity contribution >= 4 is 0 Å². The molecule has 23 heavy (non-hydrogen) atoms. The molecular formula is C23H24. The minimum atomic E-state index is 1.26. The van der Waals surface area contributed by atoms with Crippen molar-refractivity contribution in [3.05, 3.63) is 96.6 Å². The van der Waals surface area contributed by atoms with Gasteiger partial charge >= 0.3 is 0 Å². The zero-order valence-electron chi connectivity index (χ0n) is 14.2. The van der Waals surface area contributed by atoms with E-state index in [1.807, 2.05) is 32.1 Å². The molecule has 116 valence electrons. The standard InChI is InChI=1S/C19H16.C4H8/c1-15-7-9-17(10-8-15)19-13-11-18(12-14-19)16-5-3-2-4-6-16;1-3-4-2/h2-14H,1H3;3-4H,1-2H3/b;4-3-. The Labute approximate surface area is 140 Å². The van der Waals surface area contributed by atoms with Gasteiger partial charge in [0, 0.05) is 0 Å². The van der Waals surface area contributed by atoms with Crippen LogP contribution in [0.5, 0.6) is 0 Å². The fourth-order valence-corrected chi connectivity index (χ4v) is 2.23. The van der Waals surface area contributed by atoms with Crippen LogP contribution in [0.3, 0.4) is 0 Å². The van der Waals surface area contributed by atoms with Gasteiger partial charge in [-0.2, -0.15) is 0 Å². The van der Waals surface area contributed by atoms with Crippen LogP contribution in [0, 0.1) is 6.92 Å². The summed E-state index contributed by atoms with van der Waals surface area (Å²) in [6.07, 6.45) is 4.00. The first kappa shape index (κ1) is 16.8. The predicted octanol–water partition coefficient (Wildman–Crippen LogP) is 6.91. The quantitative estimate of drug-likeness (QED) is 0.451. The van der Waals surface area contributed by atoms with Crippen molar-refractivity contribution in [3.63, 3.8) is 0 Å². The molecule has 0 saturated heterocycles. The molecular weight excluding hydrogens is 276 g/mol. The molecule has 0 nitrogen and oxygen atoms in total. The van der Waals surface area contributed by atoms with E-state index in [9.17, 15) is 0 Å². The third-order valence-electron chi connectivity index (χ3n) is 3.71. The molecule has 0 aliphatic rings. The molecule has 0 N–H and O–H groups in total. The fourth-order valence-electron chi connectivity index (χ4n) is 2.23. The molecule has 0 aromatic heterocycles. The molecule has 0 radical (unpaired) electrons. The number of rotatable bonds is 2. The summed E-state index contributed by atoms with van der Waals surface area (Å²) in [6.45, 7) is 6.11. The summed E-state index contributed by atoms with van der Waals surface area (Å²) in [5.41, 5.74) is 6.35. The first-order chi connectivity index (χ1) is 11.2. The predicted molar refractivity (Wildman–Crippen MR) is 103 cm³/mol. The number of aryl methyl sites for hydroxylation is 1. The Morgan fingerprint density at radius 1 is 0.478 bits per heavy atom. The lowest BCUT2D eigenvalue weighted by Crippen LogP contribution is -1.80. The molecule has 0 fully saturated rings. The van der Waals surface area contributed by atoms with Crippen molar-refractivity contribution < 1.29 is 0 Å². The van der Waals surface area contributed by atoms with E-state index in [2.05, 4.69) is 79.7 Å². The molecule has 3 aromatic rings. The largest absolute Gasteiger partial charge is 0.0919 e. The molecule has 0 atom stereocenters. The minimum absolute atomic E-state index is 1.26. The molecule has 0 aliphatic carbocycles. The second-order valence-corrected chi connectivity index (χ2v) is 5.48. The molecule has 3 aromatic carbocycles. The summed E-state index contributed by atoms with van der Waals surface area (Å²) in [5, 5.41) is 0. The van der Waals surface area contributed by atoms with E-state index in [1.54, 1.807) is 0 Å². The summed E-state index contributed by atoms with van der Waals surface area (Å²) < 4.78 is 0. The third-order valence-corrected chi connectivity index (χ3v) is 3.71. The Morgan fingerprint density at radius 2 is 0.826 bits per heavy atom. The highest BCUT2D eigenvalue weighted by Crippen LogP contribution is 2.24. The Balaban J connectivity index is 0.000000433. The van der Waals surface area contributed by atoms with Crippen molar-refractivity contribution in [2.75, 3.05) is 0 Å². The van der Waals surface area contributed by atoms with Crippen molar-refractivity contribution in [2.24, 2.45) is 0 Å². The average molecular weight is 300 g/mol. The molecule has 3 rings (SSSR count). The normalized spacial score (nSPS) is 10.2. The Kier molecular flexibility index (Phi) is 6.38. The lowest BCUT2D eigenvalue weighted by atomic mass is 10.00. The van der Waals surface area contributed by atoms with Crippen LogP contribution in [-0.4, -0.2) is 0 Å². The lowest BCUT2D eigenvalue weighted by Gasteiger charge is -2.05. The number of hydrogen-bond acceptors (Lipinski definition) is 0. The molecule has 0 spiro atoms. The van der Waals surface area contributed by atoms with Gasteiger partial charge in [0.1, 0.15) is 0 Å². The molecule has 0 amide bonds. The zero-order valence-corrected chi connectivity index (χ0v) is 14.2. The van der Waals surface area contributed by atoms with Crippen molar-refractivity contribution in [3.8, 4) is 22.3 Å². The van der Waals surface area contributed by atoms with Gasteiger partial charge in [-0.3, -0.25) is 0 Å². The number of benzene rings is 3. The van der Waals surface area contributed by atoms with Gasteiger partial charge in [-0.1, -0.05) is 96.6 Å². The monoisotopic (exact) mass is 300 g/mol. The molecule has 0 bridgehead atoms. The van der Waals surface area contributed by atoms with Gasteiger partial charge in [0.15, 0.2) is 0 Å². The highest BCUT2D eigenvalue weighted by atomic mass is 14.0. The maximum absolute atomic E-state index is 2.19. The molecule has 0 heterocycles. The van der Waals surface area contributed by atoms with Crippen molar-refractivity contribution in [2.45, 2.75) is 20.8 Å². The Morgan fingerprint density at radius 3 is 1.22 bits per heavy atom. The van der Waals surface area contributed by atoms with Gasteiger partial charge in [-0.15, -0.1) is 0 Å². The minimum Gasteiger partial charge on any atom is -0.0919 e. The molecule has 0 aliphatic heterocycles. The fraction of sp³-hybridized carbons (Fsp3) is 0.130. The second-order valence-electron chi connectivity index (χ2n) is 5.48. The molecule has 0 unspecified atom stereocenters. The second kappa shape index (κ2) is 8.75. The highest BCUT2D eigenvalue weighted by molar-refractivity contribution is 5.70. The van der Waals surface area contributed by atoms with Crippen LogP contribution in [0.25, 0.3) is 22.3 Å². The van der Waals surface area contributed by atoms with Crippen LogP contribution in [0.15, 0.2) is 91.0 Å². The van der Waals surface area contributed by atoms with E-state index in [0.717, 1.165) is 0 Å². The number of allylic oxidation sites excluding steroid dienone is 2. The summed E-state index contributed by atoms with van der Waals surface area (Å²) in [5.74, 6) is 0. The summed E-state index contributed by atoms with van der Waals surface area (Å²) >= 11 is 0. The zero-order chi connectivity index (χ0) is 16.5. The van der Waals surface area contributed by atoms with Gasteiger partial charge in [-0.05, 0) is 43.0 Å². The molecule has 0 saturated carbocycles. The maximum atomic E-state index is 2.19. The van der Waals surface area contributed by atoms with E-state index in [-0.39, 0.29) is 0 Å². The maximum Gasteiger partial charge on any atom is -0.0184 e. The van der Waals surface area contributed by atoms with Crippen LogP contribution in [0.4, 0.5) is 0 Å². The number of hydrogen-bond donors (Lipinski definition) is 0. The average Bonchev–Trinajstić information content (AvgIpc) is 2.63. The summed E-state index contributed by atoms with van der Waals surface area (Å²) in [4.78, 5) is 0. The van der Waals surface area contributed by atoms with E-state index in [0.29, 0.717) is 0 Å². The third kappa shape index (κ3) is 4.96. The van der Waals surface area contributed by atoms with Crippen molar-refractivity contribution in [1.82, 2.24) is 0 Å². The van der Waals surface area contributed by atoms with Crippen LogP contribution in [-0.2, 0) is 0 Å². The van der Waals surface area contributed by atoms with Gasteiger partial charge in [0.05, 0.1) is 0 Å². The van der Waals surface area contributed by atoms with Crippen LogP contribution >= 0.6 is 0 Å². The molecule has 0 heteroatoms. The first-order valence-electron chi connectivity index (χ1n) is 8.04. The Hall–Kier alpha value is -2.60. The first-order valence-corrected chi connectivity index (χ1v) is 8.04. The van der Waals surface area contributed by atoms with Gasteiger partial charge in [-0.25, -0.2) is 0 Å². The van der Waals surface area contributed by atoms with Crippen LogP contribution in [0.2, 0.25) is 0 Å². The van der Waals surface area contributed by atoms with E-state index in [1.165, 1.54) is 27.8 Å². The van der Waals surface area contributed by atoms with E-state index in [4.69, 9.17) is 0 Å².